The third-order valence-corrected chi connectivity index (χ3v) is 2.39. The van der Waals surface area contributed by atoms with E-state index < -0.39 is 8.07 Å². The lowest BCUT2D eigenvalue weighted by atomic mass is 10.8. The van der Waals surface area contributed by atoms with Gasteiger partial charge in [0.2, 0.25) is 2.69 Å². The molecule has 0 nitrogen and oxygen atoms in total. The second kappa shape index (κ2) is 2.56. The highest BCUT2D eigenvalue weighted by Gasteiger charge is 2.47. The summed E-state index contributed by atoms with van der Waals surface area (Å²) in [6, 6.07) is 0. The quantitative estimate of drug-likeness (QED) is 0.649. The molecule has 0 unspecified atom stereocenters. The Morgan fingerprint density at radius 3 is 1.25 bits per heavy atom. The van der Waals surface area contributed by atoms with Crippen LogP contribution in [0.15, 0.2) is 0 Å². The number of hydrogen-bond acceptors (Lipinski definition) is 0. The van der Waals surface area contributed by atoms with Gasteiger partial charge in [-0.3, -0.25) is 0 Å². The summed E-state index contributed by atoms with van der Waals surface area (Å²) in [5, 5.41) is -3.49. The van der Waals surface area contributed by atoms with Crippen LogP contribution >= 0.6 is 55.1 Å². The zero-order chi connectivity index (χ0) is 7.00. The van der Waals surface area contributed by atoms with Crippen molar-refractivity contribution in [2.45, 2.75) is 8.07 Å². The summed E-state index contributed by atoms with van der Waals surface area (Å²) >= 11 is 14.2. The molecule has 0 aromatic rings. The zero-order valence-corrected chi connectivity index (χ0v) is 7.95. The molecule has 0 aromatic heterocycles. The van der Waals surface area contributed by atoms with Crippen LogP contribution in [0.5, 0.6) is 0 Å². The first-order chi connectivity index (χ1) is 3.25. The van der Waals surface area contributed by atoms with Crippen molar-refractivity contribution in [2.75, 3.05) is 0 Å². The van der Waals surface area contributed by atoms with Gasteiger partial charge >= 0.3 is 5.38 Å². The molecule has 0 atom stereocenters. The molecule has 6 heteroatoms. The molecule has 0 spiro atoms. The van der Waals surface area contributed by atoms with Crippen LogP contribution in [0.2, 0.25) is 0 Å². The molecule has 50 valence electrons. The summed E-state index contributed by atoms with van der Waals surface area (Å²) in [7, 11) is 0. The van der Waals surface area contributed by atoms with Gasteiger partial charge in [-0.1, -0.05) is 11.6 Å². The standard InChI is InChI=1S/C2Br2Cl2F2/c3-1(4,5)2(6,7)8. The molecule has 0 heterocycles. The van der Waals surface area contributed by atoms with Gasteiger partial charge in [0.05, 0.1) is 0 Å². The SMILES string of the molecule is FC(F)(Cl)C(Cl)(Br)Br. The first-order valence-corrected chi connectivity index (χ1v) is 3.73. The van der Waals surface area contributed by atoms with Crippen LogP contribution in [0.3, 0.4) is 0 Å². The van der Waals surface area contributed by atoms with Crippen LogP contribution in [-0.2, 0) is 0 Å². The van der Waals surface area contributed by atoms with Crippen molar-refractivity contribution in [3.05, 3.63) is 0 Å². The zero-order valence-electron chi connectivity index (χ0n) is 3.27. The number of hydrogen-bond donors (Lipinski definition) is 0. The van der Waals surface area contributed by atoms with E-state index in [9.17, 15) is 8.78 Å². The summed E-state index contributed by atoms with van der Waals surface area (Å²) in [6.45, 7) is 0. The minimum atomic E-state index is -3.49. The summed E-state index contributed by atoms with van der Waals surface area (Å²) in [6.07, 6.45) is 0. The van der Waals surface area contributed by atoms with E-state index in [0.29, 0.717) is 0 Å². The maximum Gasteiger partial charge on any atom is 0.360 e. The van der Waals surface area contributed by atoms with Gasteiger partial charge in [0.1, 0.15) is 0 Å². The van der Waals surface area contributed by atoms with E-state index in [-0.39, 0.29) is 0 Å². The van der Waals surface area contributed by atoms with Crippen LogP contribution in [0.1, 0.15) is 0 Å². The summed E-state index contributed by atoms with van der Waals surface area (Å²) < 4.78 is 21.5. The van der Waals surface area contributed by atoms with Gasteiger partial charge in [-0.2, -0.15) is 8.78 Å². The molecule has 0 saturated heterocycles. The van der Waals surface area contributed by atoms with E-state index in [1.54, 1.807) is 0 Å². The maximum atomic E-state index is 11.8. The van der Waals surface area contributed by atoms with Crippen LogP contribution < -0.4 is 0 Å². The highest BCUT2D eigenvalue weighted by Crippen LogP contribution is 2.47. The lowest BCUT2D eigenvalue weighted by molar-refractivity contribution is 0.109. The van der Waals surface area contributed by atoms with Crippen molar-refractivity contribution in [1.82, 2.24) is 0 Å². The van der Waals surface area contributed by atoms with Crippen molar-refractivity contribution in [3.8, 4) is 0 Å². The molecule has 0 bridgehead atoms. The molecule has 0 aliphatic rings. The fourth-order valence-electron chi connectivity index (χ4n) is 0. The van der Waals surface area contributed by atoms with Gasteiger partial charge in [-0.25, -0.2) is 0 Å². The molecular weight excluding hydrogens is 293 g/mol. The average Bonchev–Trinajstić information content (AvgIpc) is 1.25. The first kappa shape index (κ1) is 9.40. The summed E-state index contributed by atoms with van der Waals surface area (Å²) in [5.41, 5.74) is 0. The van der Waals surface area contributed by atoms with Gasteiger partial charge in [0.25, 0.3) is 0 Å². The van der Waals surface area contributed by atoms with E-state index in [2.05, 4.69) is 43.5 Å². The van der Waals surface area contributed by atoms with Gasteiger partial charge in [0.15, 0.2) is 0 Å². The van der Waals surface area contributed by atoms with Gasteiger partial charge in [-0.05, 0) is 43.5 Å². The Kier molecular flexibility index (Phi) is 3.01. The average molecular weight is 293 g/mol. The predicted molar refractivity (Wildman–Crippen MR) is 37.2 cm³/mol. The fraction of sp³-hybridized carbons (Fsp3) is 1.00. The van der Waals surface area contributed by atoms with Crippen LogP contribution in [0.4, 0.5) is 8.78 Å². The summed E-state index contributed by atoms with van der Waals surface area (Å²) in [4.78, 5) is 0. The topological polar surface area (TPSA) is 0 Å². The van der Waals surface area contributed by atoms with Gasteiger partial charge < -0.3 is 0 Å². The Labute approximate surface area is 71.8 Å². The third-order valence-electron chi connectivity index (χ3n) is 0.321. The normalized spacial score (nSPS) is 14.2. The van der Waals surface area contributed by atoms with Crippen molar-refractivity contribution in [3.63, 3.8) is 0 Å². The molecule has 0 radical (unpaired) electrons. The van der Waals surface area contributed by atoms with Crippen molar-refractivity contribution in [2.24, 2.45) is 0 Å². The molecule has 0 rings (SSSR count). The van der Waals surface area contributed by atoms with Crippen molar-refractivity contribution >= 4 is 55.1 Å². The number of alkyl halides is 6. The monoisotopic (exact) mass is 290 g/mol. The minimum absolute atomic E-state index is 2.03. The second-order valence-corrected chi connectivity index (χ2v) is 6.39. The molecule has 0 fully saturated rings. The van der Waals surface area contributed by atoms with Crippen LogP contribution in [-0.4, -0.2) is 8.07 Å². The molecule has 0 aromatic carbocycles. The third kappa shape index (κ3) is 2.80. The molecule has 8 heavy (non-hydrogen) atoms. The van der Waals surface area contributed by atoms with Gasteiger partial charge in [0, 0.05) is 0 Å². The van der Waals surface area contributed by atoms with E-state index >= 15 is 0 Å². The first-order valence-electron chi connectivity index (χ1n) is 1.38. The second-order valence-electron chi connectivity index (χ2n) is 0.996. The number of halogens is 6. The molecular formula is C2Br2Cl2F2. The largest absolute Gasteiger partial charge is 0.360 e. The lowest BCUT2D eigenvalue weighted by Gasteiger charge is -2.16. The van der Waals surface area contributed by atoms with E-state index in [4.69, 9.17) is 11.6 Å². The molecule has 0 amide bonds. The van der Waals surface area contributed by atoms with Gasteiger partial charge in [-0.15, -0.1) is 0 Å². The Morgan fingerprint density at radius 2 is 1.25 bits per heavy atom. The van der Waals surface area contributed by atoms with Crippen LogP contribution in [0, 0.1) is 0 Å². The lowest BCUT2D eigenvalue weighted by Crippen LogP contribution is -2.24. The number of rotatable bonds is 1. The minimum Gasteiger partial charge on any atom is -0.184 e. The molecule has 0 saturated carbocycles. The molecule has 0 aliphatic carbocycles. The summed E-state index contributed by atoms with van der Waals surface area (Å²) in [5.74, 6) is 0. The Bertz CT molecular complexity index is 71.0. The van der Waals surface area contributed by atoms with E-state index in [1.807, 2.05) is 0 Å². The molecule has 0 aliphatic heterocycles. The molecule has 0 N–H and O–H groups in total. The van der Waals surface area contributed by atoms with E-state index in [1.165, 1.54) is 0 Å². The van der Waals surface area contributed by atoms with Crippen molar-refractivity contribution in [1.29, 1.82) is 0 Å². The Hall–Kier alpha value is 1.40. The highest BCUT2D eigenvalue weighted by atomic mass is 79.9. The maximum absolute atomic E-state index is 11.8. The predicted octanol–water partition coefficient (Wildman–Crippen LogP) is 3.50. The smallest absolute Gasteiger partial charge is 0.184 e. The Morgan fingerprint density at radius 1 is 1.12 bits per heavy atom. The van der Waals surface area contributed by atoms with Crippen LogP contribution in [0.25, 0.3) is 0 Å². The highest BCUT2D eigenvalue weighted by molar-refractivity contribution is 9.26. The van der Waals surface area contributed by atoms with E-state index in [0.717, 1.165) is 0 Å². The Balaban J connectivity index is 4.02. The fourth-order valence-corrected chi connectivity index (χ4v) is 0. The van der Waals surface area contributed by atoms with Crippen molar-refractivity contribution < 1.29 is 8.78 Å².